The van der Waals surface area contributed by atoms with E-state index in [-0.39, 0.29) is 6.61 Å². The minimum atomic E-state index is -0.947. The Bertz CT molecular complexity index is 263. The fourth-order valence-electron chi connectivity index (χ4n) is 0.421. The minimum absolute atomic E-state index is 0.117. The number of nitrogens with zero attached hydrogens (tertiary/aromatic N) is 2. The number of nitro groups is 1. The predicted molar refractivity (Wildman–Crippen MR) is 37.3 cm³/mol. The Morgan fingerprint density at radius 3 is 2.75 bits per heavy atom. The van der Waals surface area contributed by atoms with E-state index in [1.165, 1.54) is 6.07 Å². The van der Waals surface area contributed by atoms with Gasteiger partial charge < -0.3 is 4.74 Å². The largest absolute Gasteiger partial charge is 0.463 e. The molecular formula is C6H6N2O4. The first-order chi connectivity index (χ1) is 5.61. The smallest absolute Gasteiger partial charge is 0.352 e. The summed E-state index contributed by atoms with van der Waals surface area (Å²) in [6.07, 6.45) is 0.545. The van der Waals surface area contributed by atoms with Crippen LogP contribution in [0, 0.1) is 21.4 Å². The van der Waals surface area contributed by atoms with E-state index in [4.69, 9.17) is 5.26 Å². The summed E-state index contributed by atoms with van der Waals surface area (Å²) in [7, 11) is 0. The van der Waals surface area contributed by atoms with Crippen LogP contribution in [0.3, 0.4) is 0 Å². The lowest BCUT2D eigenvalue weighted by Gasteiger charge is -1.92. The average Bonchev–Trinajstić information content (AvgIpc) is 2.00. The third kappa shape index (κ3) is 3.31. The molecule has 0 rings (SSSR count). The predicted octanol–water partition coefficient (Wildman–Crippen LogP) is 0.234. The van der Waals surface area contributed by atoms with Gasteiger partial charge in [-0.1, -0.05) is 0 Å². The van der Waals surface area contributed by atoms with Crippen LogP contribution in [0.25, 0.3) is 0 Å². The minimum Gasteiger partial charge on any atom is -0.463 e. The summed E-state index contributed by atoms with van der Waals surface area (Å²) < 4.78 is 4.35. The normalized spacial score (nSPS) is 10.2. The molecule has 0 fully saturated rings. The molecule has 0 spiro atoms. The summed E-state index contributed by atoms with van der Waals surface area (Å²) in [5.74, 6) is -0.884. The van der Waals surface area contributed by atoms with E-state index in [2.05, 4.69) is 4.74 Å². The Balaban J connectivity index is 4.42. The highest BCUT2D eigenvalue weighted by Crippen LogP contribution is 1.93. The zero-order valence-corrected chi connectivity index (χ0v) is 6.31. The van der Waals surface area contributed by atoms with Gasteiger partial charge in [-0.2, -0.15) is 5.26 Å². The zero-order chi connectivity index (χ0) is 9.56. The van der Waals surface area contributed by atoms with E-state index in [1.54, 1.807) is 6.92 Å². The zero-order valence-electron chi connectivity index (χ0n) is 6.31. The van der Waals surface area contributed by atoms with Crippen LogP contribution in [0.4, 0.5) is 0 Å². The number of carbonyl (C=O) groups excluding carboxylic acids is 1. The number of nitriles is 1. The summed E-state index contributed by atoms with van der Waals surface area (Å²) in [5, 5.41) is 18.1. The molecule has 0 heterocycles. The van der Waals surface area contributed by atoms with E-state index in [9.17, 15) is 14.9 Å². The molecule has 0 aromatic rings. The molecule has 0 atom stereocenters. The molecule has 0 aromatic carbocycles. The monoisotopic (exact) mass is 170 g/mol. The van der Waals surface area contributed by atoms with Crippen molar-refractivity contribution in [2.45, 2.75) is 6.92 Å². The standard InChI is InChI=1S/C6H6N2O4/c1-2-12-6(9)3-5(4-7)8(10)11/h3H,2H2,1H3. The Kier molecular flexibility index (Phi) is 4.08. The Morgan fingerprint density at radius 2 is 2.42 bits per heavy atom. The molecule has 0 unspecified atom stereocenters. The van der Waals surface area contributed by atoms with E-state index in [0.29, 0.717) is 6.08 Å². The van der Waals surface area contributed by atoms with Crippen LogP contribution in [-0.2, 0) is 9.53 Å². The fourth-order valence-corrected chi connectivity index (χ4v) is 0.421. The summed E-state index contributed by atoms with van der Waals surface area (Å²) in [5.41, 5.74) is -0.826. The van der Waals surface area contributed by atoms with E-state index in [0.717, 1.165) is 0 Å². The van der Waals surface area contributed by atoms with Crippen LogP contribution in [0.15, 0.2) is 11.8 Å². The van der Waals surface area contributed by atoms with Crippen LogP contribution in [0.1, 0.15) is 6.92 Å². The van der Waals surface area contributed by atoms with Gasteiger partial charge in [-0.25, -0.2) is 4.79 Å². The second kappa shape index (κ2) is 4.85. The second-order valence-electron chi connectivity index (χ2n) is 1.65. The first-order valence-electron chi connectivity index (χ1n) is 3.04. The third-order valence-electron chi connectivity index (χ3n) is 0.852. The van der Waals surface area contributed by atoms with Gasteiger partial charge in [-0.3, -0.25) is 10.1 Å². The second-order valence-corrected chi connectivity index (χ2v) is 1.65. The van der Waals surface area contributed by atoms with Crippen molar-refractivity contribution >= 4 is 5.97 Å². The van der Waals surface area contributed by atoms with Crippen LogP contribution >= 0.6 is 0 Å². The molecule has 0 aliphatic heterocycles. The Morgan fingerprint density at radius 1 is 1.83 bits per heavy atom. The highest BCUT2D eigenvalue weighted by molar-refractivity contribution is 5.83. The van der Waals surface area contributed by atoms with E-state index < -0.39 is 16.6 Å². The molecule has 6 heteroatoms. The lowest BCUT2D eigenvalue weighted by atomic mass is 10.4. The first kappa shape index (κ1) is 10.1. The van der Waals surface area contributed by atoms with Gasteiger partial charge in [0.25, 0.3) is 0 Å². The van der Waals surface area contributed by atoms with Gasteiger partial charge in [-0.05, 0) is 6.92 Å². The number of carbonyl (C=O) groups is 1. The van der Waals surface area contributed by atoms with Crippen molar-refractivity contribution in [3.63, 3.8) is 0 Å². The van der Waals surface area contributed by atoms with Crippen LogP contribution < -0.4 is 0 Å². The number of hydrogen-bond acceptors (Lipinski definition) is 5. The first-order valence-corrected chi connectivity index (χ1v) is 3.04. The molecule has 12 heavy (non-hydrogen) atoms. The van der Waals surface area contributed by atoms with Gasteiger partial charge in [0.1, 0.15) is 6.08 Å². The van der Waals surface area contributed by atoms with Crippen molar-refractivity contribution in [2.24, 2.45) is 0 Å². The summed E-state index contributed by atoms with van der Waals surface area (Å²) in [4.78, 5) is 19.6. The summed E-state index contributed by atoms with van der Waals surface area (Å²) >= 11 is 0. The van der Waals surface area contributed by atoms with E-state index in [1.807, 2.05) is 0 Å². The number of hydrogen-bond donors (Lipinski definition) is 0. The molecule has 6 nitrogen and oxygen atoms in total. The molecule has 0 bridgehead atoms. The number of allylic oxidation sites excluding steroid dienone is 1. The summed E-state index contributed by atoms with van der Waals surface area (Å²) in [6, 6.07) is 1.25. The van der Waals surface area contributed by atoms with Crippen molar-refractivity contribution in [3.8, 4) is 6.07 Å². The van der Waals surface area contributed by atoms with Crippen LogP contribution in [-0.4, -0.2) is 17.5 Å². The fraction of sp³-hybridized carbons (Fsp3) is 0.333. The van der Waals surface area contributed by atoms with Crippen molar-refractivity contribution in [1.82, 2.24) is 0 Å². The van der Waals surface area contributed by atoms with Gasteiger partial charge in [0.2, 0.25) is 0 Å². The molecule has 0 aliphatic carbocycles. The molecule has 0 amide bonds. The van der Waals surface area contributed by atoms with Gasteiger partial charge in [-0.15, -0.1) is 0 Å². The van der Waals surface area contributed by atoms with Gasteiger partial charge in [0, 0.05) is 0 Å². The molecule has 0 N–H and O–H groups in total. The van der Waals surface area contributed by atoms with Crippen molar-refractivity contribution in [3.05, 3.63) is 21.9 Å². The maximum absolute atomic E-state index is 10.6. The van der Waals surface area contributed by atoms with E-state index >= 15 is 0 Å². The van der Waals surface area contributed by atoms with Crippen LogP contribution in [0.5, 0.6) is 0 Å². The molecular weight excluding hydrogens is 164 g/mol. The maximum Gasteiger partial charge on any atom is 0.352 e. The maximum atomic E-state index is 10.6. The Labute approximate surface area is 68.2 Å². The molecule has 64 valence electrons. The molecule has 0 saturated heterocycles. The Hall–Kier alpha value is -1.90. The van der Waals surface area contributed by atoms with Crippen molar-refractivity contribution < 1.29 is 14.5 Å². The van der Waals surface area contributed by atoms with Gasteiger partial charge in [0.05, 0.1) is 11.5 Å². The number of esters is 1. The molecule has 0 aliphatic rings. The summed E-state index contributed by atoms with van der Waals surface area (Å²) in [6.45, 7) is 1.68. The molecule has 0 saturated carbocycles. The third-order valence-corrected chi connectivity index (χ3v) is 0.852. The van der Waals surface area contributed by atoms with Gasteiger partial charge >= 0.3 is 11.7 Å². The lowest BCUT2D eigenvalue weighted by molar-refractivity contribution is -0.417. The number of ether oxygens (including phenoxy) is 1. The topological polar surface area (TPSA) is 93.2 Å². The molecule has 0 radical (unpaired) electrons. The highest BCUT2D eigenvalue weighted by atomic mass is 16.6. The van der Waals surface area contributed by atoms with Crippen LogP contribution in [0.2, 0.25) is 0 Å². The quantitative estimate of drug-likeness (QED) is 0.199. The SMILES string of the molecule is CCOC(=O)C=C(C#N)[N+](=O)[O-]. The average molecular weight is 170 g/mol. The van der Waals surface area contributed by atoms with Crippen molar-refractivity contribution in [1.29, 1.82) is 5.26 Å². The number of rotatable bonds is 3. The lowest BCUT2D eigenvalue weighted by Crippen LogP contribution is -2.04. The van der Waals surface area contributed by atoms with Crippen molar-refractivity contribution in [2.75, 3.05) is 6.61 Å². The highest BCUT2D eigenvalue weighted by Gasteiger charge is 2.11. The molecule has 0 aromatic heterocycles. The van der Waals surface area contributed by atoms with Gasteiger partial charge in [0.15, 0.2) is 6.07 Å².